The Morgan fingerprint density at radius 1 is 0.860 bits per heavy atom. The Morgan fingerprint density at radius 2 is 1.51 bits per heavy atom. The van der Waals surface area contributed by atoms with Gasteiger partial charge in [-0.1, -0.05) is 30.2 Å². The number of alkyl halides is 6. The summed E-state index contributed by atoms with van der Waals surface area (Å²) in [4.78, 5) is 20.0. The smallest absolute Gasteiger partial charge is 0.341 e. The molecule has 0 aromatic heterocycles. The molecule has 3 heterocycles. The van der Waals surface area contributed by atoms with Crippen molar-refractivity contribution in [1.29, 1.82) is 0 Å². The third-order valence-corrected chi connectivity index (χ3v) is 9.75. The number of hydrogen-bond acceptors (Lipinski definition) is 3. The van der Waals surface area contributed by atoms with Gasteiger partial charge in [0.15, 0.2) is 0 Å². The van der Waals surface area contributed by atoms with Crippen molar-refractivity contribution in [1.82, 2.24) is 14.7 Å². The van der Waals surface area contributed by atoms with Crippen molar-refractivity contribution in [3.63, 3.8) is 0 Å². The number of nitrogens with zero attached hydrogens (tertiary/aromatic N) is 3. The van der Waals surface area contributed by atoms with E-state index in [1.165, 1.54) is 32.4 Å². The van der Waals surface area contributed by atoms with Gasteiger partial charge in [-0.3, -0.25) is 4.79 Å². The van der Waals surface area contributed by atoms with Gasteiger partial charge in [0.05, 0.1) is 17.5 Å². The summed E-state index contributed by atoms with van der Waals surface area (Å²) in [6.07, 6.45) is -2.93. The number of benzene rings is 2. The maximum atomic E-state index is 13.4. The van der Waals surface area contributed by atoms with E-state index in [-0.39, 0.29) is 11.6 Å². The van der Waals surface area contributed by atoms with E-state index in [1.54, 1.807) is 11.0 Å². The average Bonchev–Trinajstić information content (AvgIpc) is 3.42. The van der Waals surface area contributed by atoms with Crippen LogP contribution in [-0.2, 0) is 29.0 Å². The van der Waals surface area contributed by atoms with Gasteiger partial charge < -0.3 is 14.7 Å². The van der Waals surface area contributed by atoms with Gasteiger partial charge in [0.1, 0.15) is 0 Å². The molecular formula is C32H38ClF6N3O. The lowest BCUT2D eigenvalue weighted by Crippen LogP contribution is -2.47. The Bertz CT molecular complexity index is 1240. The highest BCUT2D eigenvalue weighted by molar-refractivity contribution is 6.30. The first-order valence-electron chi connectivity index (χ1n) is 15.1. The monoisotopic (exact) mass is 629 g/mol. The van der Waals surface area contributed by atoms with Crippen molar-refractivity contribution in [2.45, 2.75) is 75.2 Å². The molecule has 0 saturated carbocycles. The third-order valence-electron chi connectivity index (χ3n) is 9.52. The number of rotatable bonds is 7. The van der Waals surface area contributed by atoms with Gasteiger partial charge in [0.25, 0.3) is 0 Å². The van der Waals surface area contributed by atoms with Crippen LogP contribution in [-0.4, -0.2) is 72.5 Å². The molecule has 3 fully saturated rings. The van der Waals surface area contributed by atoms with Crippen LogP contribution in [0.25, 0.3) is 0 Å². The molecule has 0 bridgehead atoms. The number of amides is 1. The second kappa shape index (κ2) is 13.0. The summed E-state index contributed by atoms with van der Waals surface area (Å²) in [6, 6.07) is 9.55. The molecule has 11 heteroatoms. The Hall–Kier alpha value is -2.30. The first-order chi connectivity index (χ1) is 20.3. The molecule has 2 aromatic carbocycles. The zero-order chi connectivity index (χ0) is 30.8. The van der Waals surface area contributed by atoms with Gasteiger partial charge in [0, 0.05) is 29.6 Å². The lowest BCUT2D eigenvalue weighted by molar-refractivity contribution is -0.143. The van der Waals surface area contributed by atoms with E-state index in [0.717, 1.165) is 44.5 Å². The number of carbonyl (C=O) groups excluding carboxylic acids is 1. The Labute approximate surface area is 254 Å². The predicted molar refractivity (Wildman–Crippen MR) is 154 cm³/mol. The molecule has 1 atom stereocenters. The summed E-state index contributed by atoms with van der Waals surface area (Å²) in [7, 11) is 0. The fourth-order valence-electron chi connectivity index (χ4n) is 7.06. The molecule has 5 rings (SSSR count). The zero-order valence-electron chi connectivity index (χ0n) is 24.1. The van der Waals surface area contributed by atoms with E-state index in [4.69, 9.17) is 11.6 Å². The van der Waals surface area contributed by atoms with E-state index in [0.29, 0.717) is 42.7 Å². The van der Waals surface area contributed by atoms with Crippen molar-refractivity contribution in [3.05, 3.63) is 69.7 Å². The molecule has 0 N–H and O–H groups in total. The molecule has 0 aliphatic carbocycles. The van der Waals surface area contributed by atoms with E-state index >= 15 is 0 Å². The summed E-state index contributed by atoms with van der Waals surface area (Å²) >= 11 is 6.35. The molecule has 0 radical (unpaired) electrons. The van der Waals surface area contributed by atoms with Crippen LogP contribution in [0.4, 0.5) is 26.3 Å². The Balaban J connectivity index is 1.28. The fourth-order valence-corrected chi connectivity index (χ4v) is 7.25. The first kappa shape index (κ1) is 32.1. The van der Waals surface area contributed by atoms with Gasteiger partial charge in [-0.15, -0.1) is 0 Å². The first-order valence-corrected chi connectivity index (χ1v) is 15.5. The molecule has 3 saturated heterocycles. The molecule has 2 aromatic rings. The standard InChI is InChI=1S/C32H38ClF6N3O/c33-27-6-4-5-24(21-27)30(9-15-40-13-7-28(8-14-40)41-11-2-1-3-12-41)10-16-42(22-30)29(43)19-23-17-25(31(34,35)36)20-26(18-23)32(37,38)39/h4-6,17-18,20-21,28H,1-3,7-16,19,22H2/t30-/m1/s1. The van der Waals surface area contributed by atoms with Gasteiger partial charge >= 0.3 is 12.4 Å². The molecule has 3 aliphatic heterocycles. The van der Waals surface area contributed by atoms with Crippen molar-refractivity contribution in [2.24, 2.45) is 0 Å². The van der Waals surface area contributed by atoms with Gasteiger partial charge in [-0.2, -0.15) is 26.3 Å². The topological polar surface area (TPSA) is 26.8 Å². The Morgan fingerprint density at radius 3 is 2.12 bits per heavy atom. The highest BCUT2D eigenvalue weighted by atomic mass is 35.5. The number of halogens is 7. The SMILES string of the molecule is O=C(Cc1cc(C(F)(F)F)cc(C(F)(F)F)c1)N1CC[C@@](CCN2CCC(N3CCCCC3)CC2)(c2cccc(Cl)c2)C1. The van der Waals surface area contributed by atoms with E-state index in [9.17, 15) is 31.1 Å². The van der Waals surface area contributed by atoms with Crippen LogP contribution in [0.3, 0.4) is 0 Å². The van der Waals surface area contributed by atoms with Gasteiger partial charge in [-0.25, -0.2) is 0 Å². The lowest BCUT2D eigenvalue weighted by atomic mass is 9.76. The summed E-state index contributed by atoms with van der Waals surface area (Å²) in [5.41, 5.74) is -2.54. The van der Waals surface area contributed by atoms with E-state index < -0.39 is 41.2 Å². The van der Waals surface area contributed by atoms with Gasteiger partial charge in [-0.05, 0) is 113 Å². The largest absolute Gasteiger partial charge is 0.416 e. The molecule has 0 unspecified atom stereocenters. The molecule has 3 aliphatic rings. The third kappa shape index (κ3) is 7.87. The van der Waals surface area contributed by atoms with Crippen molar-refractivity contribution in [2.75, 3.05) is 45.8 Å². The minimum absolute atomic E-state index is 0.0866. The van der Waals surface area contributed by atoms with Crippen LogP contribution >= 0.6 is 11.6 Å². The fraction of sp³-hybridized carbons (Fsp3) is 0.594. The predicted octanol–water partition coefficient (Wildman–Crippen LogP) is 7.43. The molecule has 236 valence electrons. The second-order valence-electron chi connectivity index (χ2n) is 12.4. The van der Waals surface area contributed by atoms with Crippen molar-refractivity contribution in [3.8, 4) is 0 Å². The van der Waals surface area contributed by atoms with E-state index in [2.05, 4.69) is 9.80 Å². The number of carbonyl (C=O) groups is 1. The summed E-state index contributed by atoms with van der Waals surface area (Å²) in [5, 5.41) is 0.577. The Kier molecular flexibility index (Phi) is 9.69. The van der Waals surface area contributed by atoms with Gasteiger partial charge in [0.2, 0.25) is 5.91 Å². The lowest BCUT2D eigenvalue weighted by Gasteiger charge is -2.41. The summed E-state index contributed by atoms with van der Waals surface area (Å²) in [6.45, 7) is 5.92. The molecule has 4 nitrogen and oxygen atoms in total. The van der Waals surface area contributed by atoms with Crippen LogP contribution in [0.2, 0.25) is 5.02 Å². The van der Waals surface area contributed by atoms with Crippen LogP contribution < -0.4 is 0 Å². The highest BCUT2D eigenvalue weighted by Crippen LogP contribution is 2.40. The minimum Gasteiger partial charge on any atom is -0.341 e. The zero-order valence-corrected chi connectivity index (χ0v) is 24.9. The second-order valence-corrected chi connectivity index (χ2v) is 12.8. The van der Waals surface area contributed by atoms with Crippen molar-refractivity contribution < 1.29 is 31.1 Å². The van der Waals surface area contributed by atoms with Crippen LogP contribution in [0.15, 0.2) is 42.5 Å². The van der Waals surface area contributed by atoms with Crippen LogP contribution in [0, 0.1) is 0 Å². The number of likely N-dealkylation sites (tertiary alicyclic amines) is 3. The molecule has 1 amide bonds. The molecule has 43 heavy (non-hydrogen) atoms. The maximum absolute atomic E-state index is 13.4. The van der Waals surface area contributed by atoms with E-state index in [1.807, 2.05) is 18.2 Å². The highest BCUT2D eigenvalue weighted by Gasteiger charge is 2.42. The number of piperidine rings is 2. The molecule has 0 spiro atoms. The van der Waals surface area contributed by atoms with Crippen LogP contribution in [0.1, 0.15) is 67.2 Å². The summed E-state index contributed by atoms with van der Waals surface area (Å²) < 4.78 is 80.2. The summed E-state index contributed by atoms with van der Waals surface area (Å²) in [5.74, 6) is -0.487. The minimum atomic E-state index is -4.96. The molecular weight excluding hydrogens is 592 g/mol. The normalized spacial score (nSPS) is 23.2. The van der Waals surface area contributed by atoms with Crippen molar-refractivity contribution >= 4 is 17.5 Å². The number of hydrogen-bond donors (Lipinski definition) is 0. The average molecular weight is 630 g/mol. The maximum Gasteiger partial charge on any atom is 0.416 e. The van der Waals surface area contributed by atoms with Crippen LogP contribution in [0.5, 0.6) is 0 Å². The quantitative estimate of drug-likeness (QED) is 0.298.